The number of nitrogens with one attached hydrogen (secondary N) is 1. The molecule has 2 aliphatic rings. The van der Waals surface area contributed by atoms with E-state index in [4.69, 9.17) is 0 Å². The first kappa shape index (κ1) is 27.5. The van der Waals surface area contributed by atoms with E-state index in [0.29, 0.717) is 12.5 Å². The van der Waals surface area contributed by atoms with E-state index >= 15 is 0 Å². The fourth-order valence-corrected chi connectivity index (χ4v) is 4.51. The predicted octanol–water partition coefficient (Wildman–Crippen LogP) is 6.43. The summed E-state index contributed by atoms with van der Waals surface area (Å²) < 4.78 is 64.4. The maximum atomic E-state index is 13.2. The number of nitrogens with zero attached hydrogens (tertiary/aromatic N) is 1. The van der Waals surface area contributed by atoms with Gasteiger partial charge >= 0.3 is 6.18 Å². The molecule has 1 aliphatic carbocycles. The fraction of sp³-hybridized carbons (Fsp3) is 0.720. The zero-order valence-electron chi connectivity index (χ0n) is 19.9. The second-order valence-corrected chi connectivity index (χ2v) is 9.58. The smallest absolute Gasteiger partial charge is 0.356 e. The van der Waals surface area contributed by atoms with Crippen LogP contribution in [0.25, 0.3) is 0 Å². The van der Waals surface area contributed by atoms with Crippen molar-refractivity contribution in [2.75, 3.05) is 26.2 Å². The molecule has 0 aromatic rings. The monoisotopic (exact) mass is 476 g/mol. The summed E-state index contributed by atoms with van der Waals surface area (Å²) in [7, 11) is 0. The third-order valence-electron chi connectivity index (χ3n) is 6.65. The summed E-state index contributed by atoms with van der Waals surface area (Å²) in [6.45, 7) is 8.30. The molecule has 0 radical (unpaired) electrons. The molecular weight excluding hydrogens is 439 g/mol. The van der Waals surface area contributed by atoms with Gasteiger partial charge in [-0.3, -0.25) is 4.79 Å². The molecule has 1 N–H and O–H groups in total. The van der Waals surface area contributed by atoms with E-state index in [2.05, 4.69) is 10.2 Å². The van der Waals surface area contributed by atoms with Gasteiger partial charge in [-0.05, 0) is 77.5 Å². The zero-order valence-corrected chi connectivity index (χ0v) is 19.9. The Morgan fingerprint density at radius 2 is 1.73 bits per heavy atom. The number of rotatable bonds is 9. The molecule has 1 saturated carbocycles. The summed E-state index contributed by atoms with van der Waals surface area (Å²) in [5.41, 5.74) is 1.59. The molecule has 1 aliphatic heterocycles. The Hall–Kier alpha value is -1.70. The summed E-state index contributed by atoms with van der Waals surface area (Å²) in [6.07, 6.45) is 2.91. The van der Waals surface area contributed by atoms with Crippen LogP contribution < -0.4 is 5.32 Å². The minimum Gasteiger partial charge on any atom is -0.356 e. The van der Waals surface area contributed by atoms with Crippen molar-refractivity contribution in [2.45, 2.75) is 77.8 Å². The predicted molar refractivity (Wildman–Crippen MR) is 121 cm³/mol. The molecule has 2 rings (SSSR count). The van der Waals surface area contributed by atoms with Crippen LogP contribution in [0.2, 0.25) is 0 Å². The van der Waals surface area contributed by atoms with E-state index in [-0.39, 0.29) is 37.5 Å². The van der Waals surface area contributed by atoms with Gasteiger partial charge in [-0.1, -0.05) is 23.8 Å². The second-order valence-electron chi connectivity index (χ2n) is 9.58. The molecule has 1 heterocycles. The van der Waals surface area contributed by atoms with Crippen LogP contribution in [0, 0.1) is 11.8 Å². The van der Waals surface area contributed by atoms with Gasteiger partial charge < -0.3 is 10.2 Å². The topological polar surface area (TPSA) is 32.3 Å². The van der Waals surface area contributed by atoms with E-state index in [1.54, 1.807) is 6.08 Å². The number of hydrogen-bond donors (Lipinski definition) is 1. The summed E-state index contributed by atoms with van der Waals surface area (Å²) in [5, 5.41) is 2.89. The minimum absolute atomic E-state index is 0.110. The highest BCUT2D eigenvalue weighted by Crippen LogP contribution is 2.36. The Morgan fingerprint density at radius 1 is 1.06 bits per heavy atom. The second kappa shape index (κ2) is 12.1. The molecule has 8 heteroatoms. The van der Waals surface area contributed by atoms with Crippen molar-refractivity contribution >= 4 is 5.91 Å². The van der Waals surface area contributed by atoms with Crippen LogP contribution in [0.3, 0.4) is 0 Å². The largest absolute Gasteiger partial charge is 0.412 e. The van der Waals surface area contributed by atoms with Gasteiger partial charge in [-0.25, -0.2) is 8.78 Å². The maximum Gasteiger partial charge on any atom is 0.412 e. The van der Waals surface area contributed by atoms with Crippen LogP contribution in [-0.4, -0.2) is 49.1 Å². The van der Waals surface area contributed by atoms with Gasteiger partial charge in [0.15, 0.2) is 0 Å². The Labute approximate surface area is 194 Å². The highest BCUT2D eigenvalue weighted by molar-refractivity contribution is 5.78. The van der Waals surface area contributed by atoms with Crippen molar-refractivity contribution in [3.8, 4) is 0 Å². The standard InChI is InChI=1S/C25H37F5N2O/c1-18(2)22(8-6-7-19(3)25(28,29)30)21-11-16-32(17-21)15-5-4-14-31-23(33)20-9-12-24(26,27)13-10-20/h6-8,20-21H,4-5,9-17H2,1-3H3,(H,31,33)/b8-6-,19-7+. The van der Waals surface area contributed by atoms with Crippen molar-refractivity contribution in [3.63, 3.8) is 0 Å². The Kier molecular flexibility index (Phi) is 10.1. The van der Waals surface area contributed by atoms with Gasteiger partial charge in [0.1, 0.15) is 0 Å². The first-order valence-electron chi connectivity index (χ1n) is 11.9. The fourth-order valence-electron chi connectivity index (χ4n) is 4.51. The highest BCUT2D eigenvalue weighted by atomic mass is 19.4. The van der Waals surface area contributed by atoms with Gasteiger partial charge in [-0.2, -0.15) is 13.2 Å². The van der Waals surface area contributed by atoms with E-state index in [1.807, 2.05) is 13.8 Å². The number of amides is 1. The van der Waals surface area contributed by atoms with Gasteiger partial charge in [0.05, 0.1) is 0 Å². The lowest BCUT2D eigenvalue weighted by Crippen LogP contribution is -2.36. The lowest BCUT2D eigenvalue weighted by Gasteiger charge is -2.27. The third-order valence-corrected chi connectivity index (χ3v) is 6.65. The molecule has 0 spiro atoms. The molecule has 33 heavy (non-hydrogen) atoms. The van der Waals surface area contributed by atoms with E-state index in [0.717, 1.165) is 63.0 Å². The van der Waals surface area contributed by atoms with E-state index in [1.165, 1.54) is 6.08 Å². The normalized spacial score (nSPS) is 22.7. The van der Waals surface area contributed by atoms with Crippen LogP contribution in [0.15, 0.2) is 34.9 Å². The highest BCUT2D eigenvalue weighted by Gasteiger charge is 2.37. The van der Waals surface area contributed by atoms with Crippen LogP contribution in [0.4, 0.5) is 22.0 Å². The number of halogens is 5. The average molecular weight is 477 g/mol. The van der Waals surface area contributed by atoms with Gasteiger partial charge in [0.2, 0.25) is 11.8 Å². The van der Waals surface area contributed by atoms with Crippen LogP contribution in [-0.2, 0) is 4.79 Å². The molecule has 0 aromatic heterocycles. The Balaban J connectivity index is 1.69. The number of hydrogen-bond acceptors (Lipinski definition) is 2. The molecule has 1 amide bonds. The van der Waals surface area contributed by atoms with E-state index < -0.39 is 17.7 Å². The first-order chi connectivity index (χ1) is 15.4. The summed E-state index contributed by atoms with van der Waals surface area (Å²) in [6, 6.07) is 0. The van der Waals surface area contributed by atoms with Gasteiger partial charge in [0, 0.05) is 37.4 Å². The molecule has 0 aromatic carbocycles. The quantitative estimate of drug-likeness (QED) is 0.236. The van der Waals surface area contributed by atoms with Crippen LogP contribution in [0.1, 0.15) is 65.7 Å². The number of allylic oxidation sites excluding steroid dienone is 5. The van der Waals surface area contributed by atoms with Crippen LogP contribution in [0.5, 0.6) is 0 Å². The molecule has 1 atom stereocenters. The van der Waals surface area contributed by atoms with Crippen molar-refractivity contribution < 1.29 is 26.7 Å². The average Bonchev–Trinajstić information content (AvgIpc) is 3.18. The molecular formula is C25H37F5N2O. The lowest BCUT2D eigenvalue weighted by molar-refractivity contribution is -0.129. The number of unbranched alkanes of at least 4 members (excludes halogenated alkanes) is 1. The van der Waals surface area contributed by atoms with Gasteiger partial charge in [0.25, 0.3) is 0 Å². The van der Waals surface area contributed by atoms with Crippen LogP contribution >= 0.6 is 0 Å². The third kappa shape index (κ3) is 9.22. The summed E-state index contributed by atoms with van der Waals surface area (Å²) in [5.74, 6) is -2.73. The zero-order chi connectivity index (χ0) is 24.6. The molecule has 1 saturated heterocycles. The Morgan fingerprint density at radius 3 is 2.33 bits per heavy atom. The van der Waals surface area contributed by atoms with Crippen molar-refractivity contribution in [1.29, 1.82) is 0 Å². The minimum atomic E-state index is -4.30. The SMILES string of the molecule is CC(C)=C(/C=C\C=C(/C)C(F)(F)F)C1CCN(CCCCNC(=O)C2CCC(F)(F)CC2)C1. The molecule has 3 nitrogen and oxygen atoms in total. The molecule has 2 fully saturated rings. The molecule has 1 unspecified atom stereocenters. The van der Waals surface area contributed by atoms with Gasteiger partial charge in [-0.15, -0.1) is 0 Å². The number of carbonyl (C=O) groups is 1. The number of alkyl halides is 5. The lowest BCUT2D eigenvalue weighted by atomic mass is 9.86. The maximum absolute atomic E-state index is 13.2. The molecule has 188 valence electrons. The van der Waals surface area contributed by atoms with E-state index in [9.17, 15) is 26.7 Å². The van der Waals surface area contributed by atoms with Crippen molar-refractivity contribution in [1.82, 2.24) is 10.2 Å². The van der Waals surface area contributed by atoms with Crippen molar-refractivity contribution in [3.05, 3.63) is 34.9 Å². The molecule has 0 bridgehead atoms. The summed E-state index contributed by atoms with van der Waals surface area (Å²) in [4.78, 5) is 14.5. The number of likely N-dealkylation sites (tertiary alicyclic amines) is 1. The van der Waals surface area contributed by atoms with Crippen molar-refractivity contribution in [2.24, 2.45) is 11.8 Å². The Bertz CT molecular complexity index is 740. The summed E-state index contributed by atoms with van der Waals surface area (Å²) >= 11 is 0. The number of carbonyl (C=O) groups excluding carboxylic acids is 1. The first-order valence-corrected chi connectivity index (χ1v) is 11.9.